The second-order valence-corrected chi connectivity index (χ2v) is 9.59. The summed E-state index contributed by atoms with van der Waals surface area (Å²) in [5.74, 6) is -0.524. The Morgan fingerprint density at radius 3 is 2.46 bits per heavy atom. The molecule has 2 fully saturated rings. The highest BCUT2D eigenvalue weighted by atomic mass is 19.4. The lowest BCUT2D eigenvalue weighted by Gasteiger charge is -2.34. The van der Waals surface area contributed by atoms with Crippen LogP contribution in [0.3, 0.4) is 0 Å². The van der Waals surface area contributed by atoms with Gasteiger partial charge in [-0.1, -0.05) is 12.1 Å². The summed E-state index contributed by atoms with van der Waals surface area (Å²) in [6.45, 7) is 2.97. The molecule has 0 spiro atoms. The first-order valence-corrected chi connectivity index (χ1v) is 12.7. The van der Waals surface area contributed by atoms with Gasteiger partial charge in [-0.2, -0.15) is 18.4 Å². The molecule has 2 aliphatic heterocycles. The van der Waals surface area contributed by atoms with E-state index in [9.17, 15) is 18.0 Å². The highest BCUT2D eigenvalue weighted by Crippen LogP contribution is 2.33. The fourth-order valence-electron chi connectivity index (χ4n) is 5.02. The van der Waals surface area contributed by atoms with Crippen LogP contribution in [0.25, 0.3) is 0 Å². The third kappa shape index (κ3) is 6.68. The second-order valence-electron chi connectivity index (χ2n) is 9.59. The number of halogens is 3. The van der Waals surface area contributed by atoms with E-state index in [1.807, 2.05) is 24.1 Å². The number of alkyl halides is 3. The molecule has 198 valence electrons. The van der Waals surface area contributed by atoms with Crippen molar-refractivity contribution < 1.29 is 18.0 Å². The highest BCUT2D eigenvalue weighted by molar-refractivity contribution is 5.85. The molecule has 0 unspecified atom stereocenters. The van der Waals surface area contributed by atoms with Crippen LogP contribution < -0.4 is 20.4 Å². The molecule has 1 aromatic heterocycles. The maximum Gasteiger partial charge on any atom is 0.451 e. The molecule has 37 heavy (non-hydrogen) atoms. The van der Waals surface area contributed by atoms with Crippen LogP contribution in [-0.4, -0.2) is 61.7 Å². The lowest BCUT2D eigenvalue weighted by molar-refractivity contribution is -0.144. The van der Waals surface area contributed by atoms with Crippen molar-refractivity contribution in [3.63, 3.8) is 0 Å². The Bertz CT molecular complexity index is 1110. The van der Waals surface area contributed by atoms with E-state index in [1.54, 1.807) is 23.1 Å². The molecule has 0 saturated carbocycles. The standard InChI is InChI=1S/C26H32F3N7O/c1-31-17-20-9-13-35(14-10-20)22-15-23(34-25(33-22)26(27,28)29)36-12-2-3-21(36)24(37)32-11-8-18-4-6-19(16-30)7-5-18/h4-7,15,20-21,31H,2-3,8-14,17H2,1H3,(H,32,37)/t21-/m0/s1. The van der Waals surface area contributed by atoms with Crippen LogP contribution in [0.1, 0.15) is 42.6 Å². The van der Waals surface area contributed by atoms with E-state index in [2.05, 4.69) is 26.7 Å². The van der Waals surface area contributed by atoms with Gasteiger partial charge in [-0.05, 0) is 69.3 Å². The molecule has 2 N–H and O–H groups in total. The summed E-state index contributed by atoms with van der Waals surface area (Å²) in [6.07, 6.45) is -1.13. The number of nitrogens with zero attached hydrogens (tertiary/aromatic N) is 5. The van der Waals surface area contributed by atoms with Crippen LogP contribution in [0.5, 0.6) is 0 Å². The summed E-state index contributed by atoms with van der Waals surface area (Å²) < 4.78 is 41.2. The normalized spacial score (nSPS) is 18.6. The van der Waals surface area contributed by atoms with Gasteiger partial charge >= 0.3 is 6.18 Å². The van der Waals surface area contributed by atoms with Crippen molar-refractivity contribution in [2.24, 2.45) is 5.92 Å². The molecule has 2 saturated heterocycles. The topological polar surface area (TPSA) is 97.2 Å². The van der Waals surface area contributed by atoms with Crippen molar-refractivity contribution in [2.45, 2.75) is 44.3 Å². The van der Waals surface area contributed by atoms with Crippen LogP contribution in [-0.2, 0) is 17.4 Å². The Labute approximate surface area is 214 Å². The number of hydrogen-bond donors (Lipinski definition) is 2. The number of carbonyl (C=O) groups excluding carboxylic acids is 1. The van der Waals surface area contributed by atoms with E-state index in [-0.39, 0.29) is 17.5 Å². The molecule has 1 aromatic carbocycles. The zero-order valence-electron chi connectivity index (χ0n) is 20.9. The Kier molecular flexibility index (Phi) is 8.48. The number of nitriles is 1. The number of rotatable bonds is 8. The highest BCUT2D eigenvalue weighted by Gasteiger charge is 2.38. The van der Waals surface area contributed by atoms with Gasteiger partial charge in [-0.25, -0.2) is 9.97 Å². The molecular formula is C26H32F3N7O. The van der Waals surface area contributed by atoms with Crippen LogP contribution in [0.2, 0.25) is 0 Å². The van der Waals surface area contributed by atoms with E-state index >= 15 is 0 Å². The SMILES string of the molecule is CNCC1CCN(c2cc(N3CCC[C@H]3C(=O)NCCc3ccc(C#N)cc3)nc(C(F)(F)F)n2)CC1. The van der Waals surface area contributed by atoms with Gasteiger partial charge in [0.25, 0.3) is 0 Å². The molecule has 1 atom stereocenters. The van der Waals surface area contributed by atoms with E-state index in [0.717, 1.165) is 24.9 Å². The lowest BCUT2D eigenvalue weighted by Crippen LogP contribution is -2.44. The zero-order valence-corrected chi connectivity index (χ0v) is 20.9. The summed E-state index contributed by atoms with van der Waals surface area (Å²) in [6, 6.07) is 10.2. The number of amides is 1. The molecule has 3 heterocycles. The van der Waals surface area contributed by atoms with Crippen molar-refractivity contribution >= 4 is 17.5 Å². The number of benzene rings is 1. The van der Waals surface area contributed by atoms with Crippen molar-refractivity contribution in [1.82, 2.24) is 20.6 Å². The molecule has 2 aliphatic rings. The zero-order chi connectivity index (χ0) is 26.4. The van der Waals surface area contributed by atoms with Gasteiger partial charge in [-0.3, -0.25) is 4.79 Å². The van der Waals surface area contributed by atoms with Crippen LogP contribution >= 0.6 is 0 Å². The Hall–Kier alpha value is -3.39. The number of anilines is 2. The monoisotopic (exact) mass is 515 g/mol. The van der Waals surface area contributed by atoms with Crippen LogP contribution in [0.15, 0.2) is 30.3 Å². The second kappa shape index (κ2) is 11.8. The minimum Gasteiger partial charge on any atom is -0.356 e. The quantitative estimate of drug-likeness (QED) is 0.558. The van der Waals surface area contributed by atoms with Gasteiger partial charge in [0.2, 0.25) is 11.7 Å². The van der Waals surface area contributed by atoms with Gasteiger partial charge in [0.15, 0.2) is 0 Å². The Balaban J connectivity index is 1.46. The average molecular weight is 516 g/mol. The van der Waals surface area contributed by atoms with E-state index in [4.69, 9.17) is 5.26 Å². The van der Waals surface area contributed by atoms with Crippen molar-refractivity contribution in [3.05, 3.63) is 47.3 Å². The summed E-state index contributed by atoms with van der Waals surface area (Å²) in [7, 11) is 1.90. The molecule has 8 nitrogen and oxygen atoms in total. The predicted octanol–water partition coefficient (Wildman–Crippen LogP) is 3.13. The third-order valence-corrected chi connectivity index (χ3v) is 7.03. The number of aromatic nitrogens is 2. The maximum atomic E-state index is 13.7. The summed E-state index contributed by atoms with van der Waals surface area (Å²) in [5.41, 5.74) is 1.55. The molecule has 0 aliphatic carbocycles. The first-order valence-electron chi connectivity index (χ1n) is 12.7. The first kappa shape index (κ1) is 26.7. The largest absolute Gasteiger partial charge is 0.451 e. The fraction of sp³-hybridized carbons (Fsp3) is 0.538. The van der Waals surface area contributed by atoms with Crippen molar-refractivity contribution in [1.29, 1.82) is 5.26 Å². The summed E-state index contributed by atoms with van der Waals surface area (Å²) >= 11 is 0. The minimum absolute atomic E-state index is 0.138. The number of hydrogen-bond acceptors (Lipinski definition) is 7. The summed E-state index contributed by atoms with van der Waals surface area (Å²) in [5, 5.41) is 15.0. The predicted molar refractivity (Wildman–Crippen MR) is 134 cm³/mol. The van der Waals surface area contributed by atoms with Gasteiger partial charge in [-0.15, -0.1) is 0 Å². The Morgan fingerprint density at radius 1 is 1.11 bits per heavy atom. The average Bonchev–Trinajstić information content (AvgIpc) is 3.39. The third-order valence-electron chi connectivity index (χ3n) is 7.03. The first-order chi connectivity index (χ1) is 17.8. The molecule has 1 amide bonds. The number of carbonyl (C=O) groups is 1. The number of nitrogens with one attached hydrogen (secondary N) is 2. The van der Waals surface area contributed by atoms with E-state index in [1.165, 1.54) is 0 Å². The summed E-state index contributed by atoms with van der Waals surface area (Å²) in [4.78, 5) is 24.3. The van der Waals surface area contributed by atoms with E-state index in [0.29, 0.717) is 56.9 Å². The number of piperidine rings is 1. The molecule has 0 bridgehead atoms. The van der Waals surface area contributed by atoms with Crippen LogP contribution in [0, 0.1) is 17.2 Å². The Morgan fingerprint density at radius 2 is 1.81 bits per heavy atom. The molecule has 11 heteroatoms. The lowest BCUT2D eigenvalue weighted by atomic mass is 9.97. The fourth-order valence-corrected chi connectivity index (χ4v) is 5.02. The van der Waals surface area contributed by atoms with Crippen molar-refractivity contribution in [2.75, 3.05) is 49.6 Å². The van der Waals surface area contributed by atoms with Gasteiger partial charge in [0.05, 0.1) is 11.6 Å². The van der Waals surface area contributed by atoms with Crippen molar-refractivity contribution in [3.8, 4) is 6.07 Å². The van der Waals surface area contributed by atoms with Gasteiger partial charge in [0.1, 0.15) is 17.7 Å². The maximum absolute atomic E-state index is 13.7. The van der Waals surface area contributed by atoms with Gasteiger partial charge < -0.3 is 20.4 Å². The van der Waals surface area contributed by atoms with E-state index < -0.39 is 18.0 Å². The molecular weight excluding hydrogens is 483 g/mol. The molecule has 2 aromatic rings. The molecule has 4 rings (SSSR count). The van der Waals surface area contributed by atoms with Gasteiger partial charge in [0, 0.05) is 32.2 Å². The smallest absolute Gasteiger partial charge is 0.356 e. The van der Waals surface area contributed by atoms with Crippen LogP contribution in [0.4, 0.5) is 24.8 Å². The minimum atomic E-state index is -4.69. The molecule has 0 radical (unpaired) electrons.